The average Bonchev–Trinajstić information content (AvgIpc) is 3.07. The van der Waals surface area contributed by atoms with E-state index in [-0.39, 0.29) is 6.61 Å². The summed E-state index contributed by atoms with van der Waals surface area (Å²) in [5, 5.41) is 5.84. The monoisotopic (exact) mass is 344 g/mol. The number of benzene rings is 1. The van der Waals surface area contributed by atoms with Gasteiger partial charge in [0.05, 0.1) is 12.2 Å². The molecule has 1 aliphatic rings. The second-order valence-corrected chi connectivity index (χ2v) is 7.30. The summed E-state index contributed by atoms with van der Waals surface area (Å²) in [6, 6.07) is 9.67. The summed E-state index contributed by atoms with van der Waals surface area (Å²) in [7, 11) is 0. The highest BCUT2D eigenvalue weighted by molar-refractivity contribution is 7.09. The van der Waals surface area contributed by atoms with Crippen LogP contribution in [0.25, 0.3) is 0 Å². The van der Waals surface area contributed by atoms with Crippen molar-refractivity contribution in [1.29, 1.82) is 0 Å². The van der Waals surface area contributed by atoms with Gasteiger partial charge in [-0.3, -0.25) is 0 Å². The summed E-state index contributed by atoms with van der Waals surface area (Å²) in [5.41, 5.74) is 2.15. The first-order valence-electron chi connectivity index (χ1n) is 8.67. The second kappa shape index (κ2) is 8.83. The van der Waals surface area contributed by atoms with Gasteiger partial charge in [0, 0.05) is 5.38 Å². The Labute approximate surface area is 147 Å². The molecule has 4 nitrogen and oxygen atoms in total. The van der Waals surface area contributed by atoms with Crippen LogP contribution in [0.4, 0.5) is 4.79 Å². The Morgan fingerprint density at radius 3 is 2.79 bits per heavy atom. The minimum atomic E-state index is -0.400. The molecule has 1 amide bonds. The van der Waals surface area contributed by atoms with Crippen LogP contribution in [0, 0.1) is 5.92 Å². The molecule has 5 heteroatoms. The van der Waals surface area contributed by atoms with Crippen LogP contribution in [0.15, 0.2) is 35.7 Å². The van der Waals surface area contributed by atoms with Crippen molar-refractivity contribution in [2.45, 2.75) is 51.7 Å². The summed E-state index contributed by atoms with van der Waals surface area (Å²) >= 11 is 1.61. The summed E-state index contributed by atoms with van der Waals surface area (Å²) in [6.45, 7) is 0.723. The average molecular weight is 344 g/mol. The largest absolute Gasteiger partial charge is 0.445 e. The number of nitrogens with zero attached hydrogens (tertiary/aromatic N) is 1. The van der Waals surface area contributed by atoms with Crippen molar-refractivity contribution in [3.8, 4) is 0 Å². The van der Waals surface area contributed by atoms with Crippen LogP contribution in [0.5, 0.6) is 0 Å². The highest BCUT2D eigenvalue weighted by Gasteiger charge is 2.15. The van der Waals surface area contributed by atoms with E-state index in [9.17, 15) is 4.79 Å². The van der Waals surface area contributed by atoms with Gasteiger partial charge in [-0.25, -0.2) is 9.78 Å². The van der Waals surface area contributed by atoms with Gasteiger partial charge in [-0.1, -0.05) is 62.4 Å². The third-order valence-corrected chi connectivity index (χ3v) is 5.32. The Morgan fingerprint density at radius 1 is 1.21 bits per heavy atom. The summed E-state index contributed by atoms with van der Waals surface area (Å²) < 4.78 is 5.20. The molecule has 0 radical (unpaired) electrons. The topological polar surface area (TPSA) is 51.2 Å². The van der Waals surface area contributed by atoms with E-state index in [0.717, 1.165) is 22.9 Å². The van der Waals surface area contributed by atoms with E-state index in [2.05, 4.69) is 15.7 Å². The molecule has 1 fully saturated rings. The molecule has 2 aromatic rings. The van der Waals surface area contributed by atoms with Gasteiger partial charge >= 0.3 is 6.09 Å². The van der Waals surface area contributed by atoms with E-state index < -0.39 is 6.09 Å². The predicted octanol–water partition coefficient (Wildman–Crippen LogP) is 4.69. The smallest absolute Gasteiger partial charge is 0.407 e. The third kappa shape index (κ3) is 5.34. The fraction of sp³-hybridized carbons (Fsp3) is 0.474. The number of thiazole rings is 1. The number of ether oxygens (including phenoxy) is 1. The number of aromatic nitrogens is 1. The summed E-state index contributed by atoms with van der Waals surface area (Å²) in [5.74, 6) is 0.789. The number of rotatable bonds is 6. The summed E-state index contributed by atoms with van der Waals surface area (Å²) in [4.78, 5) is 16.4. The number of carbonyl (C=O) groups excluding carboxylic acids is 1. The standard InChI is InChI=1S/C19H24N2O2S/c22-19(23-13-16-9-5-2-6-10-16)20-12-18-21-17(14-24-18)11-15-7-3-1-4-8-15/h2,5-6,9-10,14-15H,1,3-4,7-8,11-13H2,(H,20,22). The van der Waals surface area contributed by atoms with Gasteiger partial charge in [0.15, 0.2) is 0 Å². The molecule has 0 bridgehead atoms. The normalized spacial score (nSPS) is 15.2. The number of carbonyl (C=O) groups is 1. The fourth-order valence-electron chi connectivity index (χ4n) is 3.13. The molecular weight excluding hydrogens is 320 g/mol. The van der Waals surface area contributed by atoms with Crippen molar-refractivity contribution >= 4 is 17.4 Å². The molecule has 24 heavy (non-hydrogen) atoms. The van der Waals surface area contributed by atoms with E-state index in [1.54, 1.807) is 11.3 Å². The van der Waals surface area contributed by atoms with Crippen LogP contribution in [0.3, 0.4) is 0 Å². The molecule has 1 aromatic heterocycles. The Balaban J connectivity index is 1.39. The van der Waals surface area contributed by atoms with Crippen molar-refractivity contribution in [1.82, 2.24) is 10.3 Å². The fourth-order valence-corrected chi connectivity index (χ4v) is 3.88. The van der Waals surface area contributed by atoms with Gasteiger partial charge < -0.3 is 10.1 Å². The Morgan fingerprint density at radius 2 is 2.00 bits per heavy atom. The van der Waals surface area contributed by atoms with Crippen LogP contribution in [0.2, 0.25) is 0 Å². The zero-order chi connectivity index (χ0) is 16.6. The van der Waals surface area contributed by atoms with Gasteiger partial charge in [-0.05, 0) is 17.9 Å². The first-order valence-corrected chi connectivity index (χ1v) is 9.55. The molecule has 0 saturated heterocycles. The van der Waals surface area contributed by atoms with Gasteiger partial charge in [-0.2, -0.15) is 0 Å². The Bertz CT molecular complexity index is 636. The molecule has 0 aliphatic heterocycles. The Kier molecular flexibility index (Phi) is 6.24. The SMILES string of the molecule is O=C(NCc1nc(CC2CCCCC2)cs1)OCc1ccccc1. The lowest BCUT2D eigenvalue weighted by Crippen LogP contribution is -2.23. The lowest BCUT2D eigenvalue weighted by Gasteiger charge is -2.20. The predicted molar refractivity (Wildman–Crippen MR) is 95.9 cm³/mol. The van der Waals surface area contributed by atoms with Gasteiger partial charge in [0.1, 0.15) is 11.6 Å². The first-order chi connectivity index (χ1) is 11.8. The van der Waals surface area contributed by atoms with Gasteiger partial charge in [0.2, 0.25) is 0 Å². The van der Waals surface area contributed by atoms with Crippen molar-refractivity contribution in [3.63, 3.8) is 0 Å². The molecule has 1 N–H and O–H groups in total. The molecule has 128 valence electrons. The molecule has 0 spiro atoms. The van der Waals surface area contributed by atoms with E-state index in [4.69, 9.17) is 4.74 Å². The van der Waals surface area contributed by atoms with Crippen LogP contribution in [-0.2, 0) is 24.3 Å². The molecule has 1 aliphatic carbocycles. The van der Waals surface area contributed by atoms with Crippen LogP contribution in [0.1, 0.15) is 48.4 Å². The molecule has 0 unspecified atom stereocenters. The molecule has 1 heterocycles. The molecule has 3 rings (SSSR count). The molecule has 1 aromatic carbocycles. The minimum absolute atomic E-state index is 0.289. The van der Waals surface area contributed by atoms with E-state index in [1.165, 1.54) is 37.8 Å². The van der Waals surface area contributed by atoms with E-state index in [1.807, 2.05) is 30.3 Å². The zero-order valence-corrected chi connectivity index (χ0v) is 14.7. The number of nitrogens with one attached hydrogen (secondary N) is 1. The molecule has 0 atom stereocenters. The highest BCUT2D eigenvalue weighted by Crippen LogP contribution is 2.27. The van der Waals surface area contributed by atoms with Crippen molar-refractivity contribution in [2.24, 2.45) is 5.92 Å². The Hall–Kier alpha value is -1.88. The second-order valence-electron chi connectivity index (χ2n) is 6.36. The van der Waals surface area contributed by atoms with Crippen molar-refractivity contribution < 1.29 is 9.53 Å². The number of amides is 1. The van der Waals surface area contributed by atoms with Crippen LogP contribution < -0.4 is 5.32 Å². The first kappa shape index (κ1) is 17.0. The molecular formula is C19H24N2O2S. The number of hydrogen-bond acceptors (Lipinski definition) is 4. The zero-order valence-electron chi connectivity index (χ0n) is 13.9. The lowest BCUT2D eigenvalue weighted by molar-refractivity contribution is 0.139. The van der Waals surface area contributed by atoms with Gasteiger partial charge in [0.25, 0.3) is 0 Å². The maximum atomic E-state index is 11.8. The molecule has 1 saturated carbocycles. The number of hydrogen-bond donors (Lipinski definition) is 1. The third-order valence-electron chi connectivity index (χ3n) is 4.42. The lowest BCUT2D eigenvalue weighted by atomic mass is 9.86. The van der Waals surface area contributed by atoms with Crippen LogP contribution in [-0.4, -0.2) is 11.1 Å². The summed E-state index contributed by atoms with van der Waals surface area (Å²) in [6.07, 6.45) is 7.44. The van der Waals surface area contributed by atoms with Crippen molar-refractivity contribution in [2.75, 3.05) is 0 Å². The highest BCUT2D eigenvalue weighted by atomic mass is 32.1. The minimum Gasteiger partial charge on any atom is -0.445 e. The van der Waals surface area contributed by atoms with Crippen LogP contribution >= 0.6 is 11.3 Å². The quantitative estimate of drug-likeness (QED) is 0.827. The maximum absolute atomic E-state index is 11.8. The maximum Gasteiger partial charge on any atom is 0.407 e. The number of alkyl carbamates (subject to hydrolysis) is 1. The van der Waals surface area contributed by atoms with E-state index in [0.29, 0.717) is 6.54 Å². The van der Waals surface area contributed by atoms with Gasteiger partial charge in [-0.15, -0.1) is 11.3 Å². The van der Waals surface area contributed by atoms with Crippen molar-refractivity contribution in [3.05, 3.63) is 52.0 Å². The van der Waals surface area contributed by atoms with E-state index >= 15 is 0 Å².